The first kappa shape index (κ1) is 18.4. The predicted molar refractivity (Wildman–Crippen MR) is 120 cm³/mol. The van der Waals surface area contributed by atoms with Gasteiger partial charge >= 0.3 is 0 Å². The Hall–Kier alpha value is -4.33. The molecule has 0 saturated heterocycles. The van der Waals surface area contributed by atoms with Crippen molar-refractivity contribution in [3.05, 3.63) is 79.0 Å². The van der Waals surface area contributed by atoms with Crippen molar-refractivity contribution in [2.45, 2.75) is 19.6 Å². The SMILES string of the molecule is C[C@H]1Oc2cccc3ncnc(c23)N(c2ccc3c(cnn3Cc3ccccn3)c2)C1=O. The largest absolute Gasteiger partial charge is 0.480 e. The van der Waals surface area contributed by atoms with E-state index in [0.717, 1.165) is 27.5 Å². The molecule has 8 nitrogen and oxygen atoms in total. The van der Waals surface area contributed by atoms with E-state index in [0.29, 0.717) is 23.8 Å². The van der Waals surface area contributed by atoms with Gasteiger partial charge < -0.3 is 4.74 Å². The van der Waals surface area contributed by atoms with Gasteiger partial charge in [0.2, 0.25) is 0 Å². The highest BCUT2D eigenvalue weighted by Crippen LogP contribution is 2.39. The highest BCUT2D eigenvalue weighted by molar-refractivity contribution is 6.11. The molecule has 1 atom stereocenters. The van der Waals surface area contributed by atoms with Gasteiger partial charge in [-0.05, 0) is 49.4 Å². The summed E-state index contributed by atoms with van der Waals surface area (Å²) in [5.74, 6) is 0.923. The van der Waals surface area contributed by atoms with Crippen molar-refractivity contribution in [3.63, 3.8) is 0 Å². The summed E-state index contributed by atoms with van der Waals surface area (Å²) >= 11 is 0. The molecule has 1 aliphatic rings. The molecule has 1 amide bonds. The zero-order chi connectivity index (χ0) is 21.7. The van der Waals surface area contributed by atoms with Crippen molar-refractivity contribution in [3.8, 4) is 5.75 Å². The number of ether oxygens (including phenoxy) is 1. The number of pyridine rings is 1. The molecule has 5 aromatic rings. The number of anilines is 2. The minimum Gasteiger partial charge on any atom is -0.480 e. The molecule has 0 radical (unpaired) electrons. The lowest BCUT2D eigenvalue weighted by Gasteiger charge is -2.22. The fourth-order valence-electron chi connectivity index (χ4n) is 4.09. The van der Waals surface area contributed by atoms with Crippen LogP contribution in [0.2, 0.25) is 0 Å². The predicted octanol–water partition coefficient (Wildman–Crippen LogP) is 3.87. The monoisotopic (exact) mass is 422 g/mol. The topological polar surface area (TPSA) is 86.0 Å². The highest BCUT2D eigenvalue weighted by Gasteiger charge is 2.32. The van der Waals surface area contributed by atoms with Crippen molar-refractivity contribution < 1.29 is 9.53 Å². The number of hydrogen-bond donors (Lipinski definition) is 0. The van der Waals surface area contributed by atoms with Gasteiger partial charge in [0.25, 0.3) is 5.91 Å². The molecule has 0 aliphatic carbocycles. The summed E-state index contributed by atoms with van der Waals surface area (Å²) in [6.07, 6.45) is 4.37. The lowest BCUT2D eigenvalue weighted by atomic mass is 10.1. The molecule has 0 N–H and O–H groups in total. The normalized spacial score (nSPS) is 15.7. The van der Waals surface area contributed by atoms with Gasteiger partial charge in [-0.2, -0.15) is 5.10 Å². The van der Waals surface area contributed by atoms with Crippen LogP contribution in [0, 0.1) is 0 Å². The van der Waals surface area contributed by atoms with Crippen molar-refractivity contribution >= 4 is 39.2 Å². The number of aromatic nitrogens is 5. The molecule has 0 spiro atoms. The van der Waals surface area contributed by atoms with E-state index >= 15 is 0 Å². The van der Waals surface area contributed by atoms with Crippen LogP contribution in [0.1, 0.15) is 12.6 Å². The maximum atomic E-state index is 13.3. The summed E-state index contributed by atoms with van der Waals surface area (Å²) in [6.45, 7) is 2.31. The Bertz CT molecular complexity index is 1480. The molecule has 8 heteroatoms. The maximum absolute atomic E-state index is 13.3. The molecule has 3 aromatic heterocycles. The quantitative estimate of drug-likeness (QED) is 0.439. The van der Waals surface area contributed by atoms with Crippen LogP contribution in [0.3, 0.4) is 0 Å². The molecule has 2 aromatic carbocycles. The first-order chi connectivity index (χ1) is 15.7. The Labute approximate surface area is 183 Å². The van der Waals surface area contributed by atoms with Crippen LogP contribution in [0.15, 0.2) is 73.3 Å². The van der Waals surface area contributed by atoms with E-state index in [1.165, 1.54) is 6.33 Å². The third kappa shape index (κ3) is 2.88. The minimum atomic E-state index is -0.669. The minimum absolute atomic E-state index is 0.193. The summed E-state index contributed by atoms with van der Waals surface area (Å²) in [4.78, 5) is 28.2. The van der Waals surface area contributed by atoms with Crippen molar-refractivity contribution in [1.82, 2.24) is 24.7 Å². The van der Waals surface area contributed by atoms with Crippen LogP contribution in [-0.4, -0.2) is 36.7 Å². The average molecular weight is 422 g/mol. The smallest absolute Gasteiger partial charge is 0.273 e. The van der Waals surface area contributed by atoms with E-state index in [-0.39, 0.29) is 5.91 Å². The summed E-state index contributed by atoms with van der Waals surface area (Å²) in [7, 11) is 0. The van der Waals surface area contributed by atoms with Gasteiger partial charge in [-0.1, -0.05) is 12.1 Å². The standard InChI is InChI=1S/C24H18N6O2/c1-15-24(31)30(23-22-19(26-14-27-23)6-4-7-21(22)32-15)18-8-9-20-16(11-18)12-28-29(20)13-17-5-2-3-10-25-17/h2-12,14-15H,13H2,1H3/t15-/m1/s1. The number of carbonyl (C=O) groups is 1. The fraction of sp³-hybridized carbons (Fsp3) is 0.125. The third-order valence-corrected chi connectivity index (χ3v) is 5.61. The molecule has 1 aliphatic heterocycles. The van der Waals surface area contributed by atoms with Gasteiger partial charge in [-0.3, -0.25) is 19.4 Å². The van der Waals surface area contributed by atoms with Crippen molar-refractivity contribution in [2.75, 3.05) is 4.90 Å². The first-order valence-electron chi connectivity index (χ1n) is 10.3. The van der Waals surface area contributed by atoms with E-state index in [1.54, 1.807) is 24.2 Å². The number of fused-ring (bicyclic) bond motifs is 1. The highest BCUT2D eigenvalue weighted by atomic mass is 16.5. The van der Waals surface area contributed by atoms with Crippen molar-refractivity contribution in [1.29, 1.82) is 0 Å². The van der Waals surface area contributed by atoms with Gasteiger partial charge in [0.05, 0.1) is 40.5 Å². The third-order valence-electron chi connectivity index (χ3n) is 5.61. The zero-order valence-electron chi connectivity index (χ0n) is 17.2. The molecule has 32 heavy (non-hydrogen) atoms. The number of benzene rings is 2. The Balaban J connectivity index is 1.47. The lowest BCUT2D eigenvalue weighted by Crippen LogP contribution is -2.36. The number of rotatable bonds is 3. The molecule has 0 bridgehead atoms. The Morgan fingerprint density at radius 2 is 1.97 bits per heavy atom. The molecule has 6 rings (SSSR count). The summed E-state index contributed by atoms with van der Waals surface area (Å²) in [5, 5.41) is 6.17. The Morgan fingerprint density at radius 1 is 1.03 bits per heavy atom. The summed E-state index contributed by atoms with van der Waals surface area (Å²) in [6, 6.07) is 17.2. The lowest BCUT2D eigenvalue weighted by molar-refractivity contribution is -0.123. The zero-order valence-corrected chi connectivity index (χ0v) is 17.2. The molecule has 156 valence electrons. The van der Waals surface area contributed by atoms with Gasteiger partial charge in [-0.25, -0.2) is 9.97 Å². The van der Waals surface area contributed by atoms with E-state index in [4.69, 9.17) is 4.74 Å². The maximum Gasteiger partial charge on any atom is 0.273 e. The van der Waals surface area contributed by atoms with Gasteiger partial charge in [-0.15, -0.1) is 0 Å². The van der Waals surface area contributed by atoms with Crippen LogP contribution in [0.4, 0.5) is 11.5 Å². The number of nitrogens with zero attached hydrogens (tertiary/aromatic N) is 6. The molecule has 0 unspecified atom stereocenters. The second-order valence-electron chi connectivity index (χ2n) is 7.65. The van der Waals surface area contributed by atoms with E-state index in [2.05, 4.69) is 20.1 Å². The Morgan fingerprint density at radius 3 is 2.84 bits per heavy atom. The second-order valence-corrected chi connectivity index (χ2v) is 7.65. The van der Waals surface area contributed by atoms with E-state index < -0.39 is 6.10 Å². The van der Waals surface area contributed by atoms with Crippen LogP contribution in [-0.2, 0) is 11.3 Å². The average Bonchev–Trinajstić information content (AvgIpc) is 3.17. The van der Waals surface area contributed by atoms with Crippen LogP contribution >= 0.6 is 0 Å². The summed E-state index contributed by atoms with van der Waals surface area (Å²) < 4.78 is 7.85. The number of carbonyl (C=O) groups excluding carboxylic acids is 1. The number of hydrogen-bond acceptors (Lipinski definition) is 6. The second kappa shape index (κ2) is 7.12. The van der Waals surface area contributed by atoms with Crippen LogP contribution in [0.5, 0.6) is 5.75 Å². The first-order valence-corrected chi connectivity index (χ1v) is 10.3. The van der Waals surface area contributed by atoms with E-state index in [1.807, 2.05) is 59.3 Å². The molecule has 0 fully saturated rings. The van der Waals surface area contributed by atoms with Crippen LogP contribution in [0.25, 0.3) is 21.8 Å². The molecular formula is C24H18N6O2. The molecule has 4 heterocycles. The van der Waals surface area contributed by atoms with Gasteiger partial charge in [0.1, 0.15) is 12.1 Å². The van der Waals surface area contributed by atoms with Gasteiger partial charge in [0.15, 0.2) is 11.9 Å². The summed E-state index contributed by atoms with van der Waals surface area (Å²) in [5.41, 5.74) is 3.31. The number of amides is 1. The Kier molecular flexibility index (Phi) is 4.10. The molecular weight excluding hydrogens is 404 g/mol. The van der Waals surface area contributed by atoms with Crippen LogP contribution < -0.4 is 9.64 Å². The molecule has 0 saturated carbocycles. The van der Waals surface area contributed by atoms with E-state index in [9.17, 15) is 4.79 Å². The van der Waals surface area contributed by atoms with Crippen molar-refractivity contribution in [2.24, 2.45) is 0 Å². The van der Waals surface area contributed by atoms with Gasteiger partial charge in [0, 0.05) is 11.6 Å². The fourth-order valence-corrected chi connectivity index (χ4v) is 4.09.